The van der Waals surface area contributed by atoms with E-state index < -0.39 is 139 Å². The van der Waals surface area contributed by atoms with Gasteiger partial charge in [0.2, 0.25) is 35.4 Å². The lowest BCUT2D eigenvalue weighted by atomic mass is 9.85. The van der Waals surface area contributed by atoms with Gasteiger partial charge in [0.25, 0.3) is 12.4 Å². The molecule has 0 saturated heterocycles. The normalized spacial score (nSPS) is 14.2. The topological polar surface area (TPSA) is 342 Å². The molecule has 0 saturated carbocycles. The van der Waals surface area contributed by atoms with Crippen molar-refractivity contribution in [3.63, 3.8) is 0 Å². The zero-order valence-electron chi connectivity index (χ0n) is 41.7. The maximum atomic E-state index is 14.5. The van der Waals surface area contributed by atoms with Crippen molar-refractivity contribution in [3.05, 3.63) is 83.4 Å². The molecule has 2 unspecified atom stereocenters. The first-order chi connectivity index (χ1) is 33.9. The minimum Gasteiger partial charge on any atom is -0.481 e. The standard InChI is InChI=1S/C50H69N7O15/c1-8-9-19-33(42(72-28-58)48(70)51-27-31-16-11-10-12-17-31)53-45(67)35(24-29(2)3)56-49(71)43(50(5,6)7)57-47(69)36(25-32-18-14-13-15-30(32)4)55-44(66)34(20-22-39(60)61)54-46(68)37(26-41(64)65)52-38(59)21-23-40(62)63/h8-18,28-29,33-37,42-43H,19-27H2,1-7H3,(H,51,70)(H,52,59)(H,53,67)(H,54,68)(H,55,66)(H,56,71)(H,57,69)(H,60,61)(H,62,63)(H,64,65)/b9-8-/t33?,34-,35-,36-,37-,42?,43+/m0/s1. The van der Waals surface area contributed by atoms with Crippen LogP contribution < -0.4 is 37.2 Å². The van der Waals surface area contributed by atoms with Crippen molar-refractivity contribution >= 4 is 65.7 Å². The number of allylic oxidation sites excluding steroid dienone is 1. The second-order valence-electron chi connectivity index (χ2n) is 18.6. The molecule has 0 aliphatic rings. The fraction of sp³-hybridized carbons (Fsp3) is 0.500. The van der Waals surface area contributed by atoms with E-state index in [0.717, 1.165) is 5.56 Å². The molecule has 22 nitrogen and oxygen atoms in total. The van der Waals surface area contributed by atoms with E-state index in [1.807, 2.05) is 6.07 Å². The number of carbonyl (C=O) groups is 11. The van der Waals surface area contributed by atoms with E-state index >= 15 is 0 Å². The maximum absolute atomic E-state index is 14.5. The average molecular weight is 1010 g/mol. The van der Waals surface area contributed by atoms with Crippen LogP contribution in [-0.2, 0) is 70.4 Å². The summed E-state index contributed by atoms with van der Waals surface area (Å²) in [6.07, 6.45) is -1.72. The van der Waals surface area contributed by atoms with Crippen LogP contribution in [0.1, 0.15) is 103 Å². The van der Waals surface area contributed by atoms with Crippen LogP contribution in [0, 0.1) is 18.3 Å². The molecule has 0 aliphatic heterocycles. The Hall–Kier alpha value is -7.65. The summed E-state index contributed by atoms with van der Waals surface area (Å²) in [7, 11) is 0. The second-order valence-corrected chi connectivity index (χ2v) is 18.6. The number of carbonyl (C=O) groups excluding carboxylic acids is 8. The molecule has 0 radical (unpaired) electrons. The molecule has 2 aromatic rings. The summed E-state index contributed by atoms with van der Waals surface area (Å²) in [6, 6.07) is 6.97. The van der Waals surface area contributed by atoms with Crippen molar-refractivity contribution in [2.75, 3.05) is 0 Å². The summed E-state index contributed by atoms with van der Waals surface area (Å²) in [5, 5.41) is 45.8. The SMILES string of the molecule is C/C=C\CC(NC(=O)[C@H](CC(C)C)NC(=O)[C@@H](NC(=O)[C@H](Cc1ccccc1C)NC(=O)[C@H](CCC(=O)O)NC(=O)[C@H](CC(=O)O)NC(=O)CCC(=O)O)C(C)(C)C)C(OC=O)C(=O)NCc1ccccc1. The lowest BCUT2D eigenvalue weighted by molar-refractivity contribution is -0.148. The van der Waals surface area contributed by atoms with Gasteiger partial charge in [0.05, 0.1) is 18.9 Å². The highest BCUT2D eigenvalue weighted by Crippen LogP contribution is 2.21. The molecule has 0 aromatic heterocycles. The van der Waals surface area contributed by atoms with Gasteiger partial charge >= 0.3 is 17.9 Å². The highest BCUT2D eigenvalue weighted by Gasteiger charge is 2.39. The van der Waals surface area contributed by atoms with Crippen LogP contribution in [0.3, 0.4) is 0 Å². The van der Waals surface area contributed by atoms with Crippen molar-refractivity contribution in [1.29, 1.82) is 0 Å². The molecule has 0 bridgehead atoms. The molecule has 22 heteroatoms. The molecule has 0 spiro atoms. The van der Waals surface area contributed by atoms with Gasteiger partial charge in [0.15, 0.2) is 6.10 Å². The molecule has 2 rings (SSSR count). The van der Waals surface area contributed by atoms with E-state index in [4.69, 9.17) is 9.84 Å². The lowest BCUT2D eigenvalue weighted by Crippen LogP contribution is -2.62. The third-order valence-corrected chi connectivity index (χ3v) is 11.0. The number of hydrogen-bond donors (Lipinski definition) is 10. The first-order valence-electron chi connectivity index (χ1n) is 23.4. The monoisotopic (exact) mass is 1010 g/mol. The largest absolute Gasteiger partial charge is 0.481 e. The number of rotatable bonds is 31. The van der Waals surface area contributed by atoms with E-state index in [2.05, 4.69) is 37.2 Å². The maximum Gasteiger partial charge on any atom is 0.305 e. The Kier molecular flexibility index (Phi) is 25.3. The molecular formula is C50H69N7O15. The minimum absolute atomic E-state index is 0.0471. The molecule has 10 N–H and O–H groups in total. The molecule has 2 aromatic carbocycles. The van der Waals surface area contributed by atoms with Crippen LogP contribution >= 0.6 is 0 Å². The van der Waals surface area contributed by atoms with Crippen molar-refractivity contribution < 1.29 is 72.8 Å². The highest BCUT2D eigenvalue weighted by atomic mass is 16.5. The van der Waals surface area contributed by atoms with Gasteiger partial charge < -0.3 is 57.3 Å². The van der Waals surface area contributed by atoms with Crippen LogP contribution in [0.2, 0.25) is 0 Å². The zero-order valence-corrected chi connectivity index (χ0v) is 41.7. The first-order valence-corrected chi connectivity index (χ1v) is 23.4. The average Bonchev–Trinajstić information content (AvgIpc) is 3.30. The number of carboxylic acid groups (broad SMARTS) is 3. The van der Waals surface area contributed by atoms with Gasteiger partial charge in [-0.2, -0.15) is 0 Å². The van der Waals surface area contributed by atoms with E-state index in [-0.39, 0.29) is 38.2 Å². The van der Waals surface area contributed by atoms with Gasteiger partial charge in [-0.1, -0.05) is 101 Å². The van der Waals surface area contributed by atoms with Crippen LogP contribution in [0.25, 0.3) is 0 Å². The number of aliphatic carboxylic acids is 3. The predicted molar refractivity (Wildman–Crippen MR) is 260 cm³/mol. The van der Waals surface area contributed by atoms with Gasteiger partial charge in [0, 0.05) is 25.8 Å². The quantitative estimate of drug-likeness (QED) is 0.0379. The number of aryl methyl sites for hydroxylation is 1. The third-order valence-electron chi connectivity index (χ3n) is 11.0. The summed E-state index contributed by atoms with van der Waals surface area (Å²) in [5.41, 5.74) is 0.960. The van der Waals surface area contributed by atoms with Crippen LogP contribution in [0.15, 0.2) is 66.7 Å². The Bertz CT molecular complexity index is 2250. The van der Waals surface area contributed by atoms with Gasteiger partial charge in [-0.25, -0.2) is 0 Å². The van der Waals surface area contributed by atoms with Gasteiger partial charge in [-0.15, -0.1) is 0 Å². The predicted octanol–water partition coefficient (Wildman–Crippen LogP) is 1.57. The summed E-state index contributed by atoms with van der Waals surface area (Å²) in [5.74, 6) is -10.9. The van der Waals surface area contributed by atoms with Crippen molar-refractivity contribution in [2.45, 2.75) is 149 Å². The van der Waals surface area contributed by atoms with E-state index in [9.17, 15) is 63.0 Å². The van der Waals surface area contributed by atoms with Crippen LogP contribution in [0.4, 0.5) is 0 Å². The van der Waals surface area contributed by atoms with Crippen molar-refractivity contribution in [2.24, 2.45) is 11.3 Å². The number of hydrogen-bond acceptors (Lipinski definition) is 12. The number of benzene rings is 2. The van der Waals surface area contributed by atoms with E-state index in [1.165, 1.54) is 0 Å². The number of nitrogens with one attached hydrogen (secondary N) is 7. The van der Waals surface area contributed by atoms with Crippen LogP contribution in [-0.4, -0.2) is 123 Å². The van der Waals surface area contributed by atoms with Gasteiger partial charge in [-0.3, -0.25) is 52.7 Å². The van der Waals surface area contributed by atoms with Gasteiger partial charge in [-0.05, 0) is 61.1 Å². The minimum atomic E-state index is -1.82. The number of ether oxygens (including phenoxy) is 1. The van der Waals surface area contributed by atoms with Crippen LogP contribution in [0.5, 0.6) is 0 Å². The fourth-order valence-electron chi connectivity index (χ4n) is 7.21. The third kappa shape index (κ3) is 22.0. The molecule has 7 atom stereocenters. The van der Waals surface area contributed by atoms with E-state index in [0.29, 0.717) is 11.1 Å². The molecule has 7 amide bonds. The Morgan fingerprint density at radius 2 is 1.21 bits per heavy atom. The Morgan fingerprint density at radius 3 is 1.78 bits per heavy atom. The molecular weight excluding hydrogens is 939 g/mol. The van der Waals surface area contributed by atoms with Crippen molar-refractivity contribution in [1.82, 2.24) is 37.2 Å². The first kappa shape index (κ1) is 60.5. The number of amides is 7. The Balaban J connectivity index is 2.51. The number of carboxylic acids is 3. The zero-order chi connectivity index (χ0) is 54.1. The smallest absolute Gasteiger partial charge is 0.305 e. The van der Waals surface area contributed by atoms with Crippen molar-refractivity contribution in [3.8, 4) is 0 Å². The molecule has 0 heterocycles. The lowest BCUT2D eigenvalue weighted by Gasteiger charge is -2.34. The van der Waals surface area contributed by atoms with Gasteiger partial charge in [0.1, 0.15) is 30.2 Å². The molecule has 0 fully saturated rings. The summed E-state index contributed by atoms with van der Waals surface area (Å²) in [6.45, 7) is 12.2. The highest BCUT2D eigenvalue weighted by molar-refractivity contribution is 5.98. The summed E-state index contributed by atoms with van der Waals surface area (Å²) >= 11 is 0. The summed E-state index contributed by atoms with van der Waals surface area (Å²) < 4.78 is 5.23. The second kappa shape index (κ2) is 30.2. The Labute approximate surface area is 418 Å². The Morgan fingerprint density at radius 1 is 0.639 bits per heavy atom. The molecule has 0 aliphatic carbocycles. The molecule has 394 valence electrons. The van der Waals surface area contributed by atoms with E-state index in [1.54, 1.807) is 109 Å². The molecule has 72 heavy (non-hydrogen) atoms. The fourth-order valence-corrected chi connectivity index (χ4v) is 7.21. The summed E-state index contributed by atoms with van der Waals surface area (Å²) in [4.78, 5) is 143.